The van der Waals surface area contributed by atoms with E-state index in [-0.39, 0.29) is 25.8 Å². The fourth-order valence-corrected chi connectivity index (χ4v) is 1.89. The number of benzene rings is 1. The average Bonchev–Trinajstić information content (AvgIpc) is 2.76. The minimum Gasteiger partial charge on any atom is -0.269 e. The molecule has 0 heterocycles. The molecule has 1 aliphatic carbocycles. The van der Waals surface area contributed by atoms with Crippen molar-refractivity contribution >= 4 is 5.57 Å². The van der Waals surface area contributed by atoms with Crippen LogP contribution in [-0.4, -0.2) is 0 Å². The third kappa shape index (κ3) is 3.55. The summed E-state index contributed by atoms with van der Waals surface area (Å²) in [5.41, 5.74) is 4.16. The van der Waals surface area contributed by atoms with Crippen LogP contribution >= 0.6 is 0 Å². The summed E-state index contributed by atoms with van der Waals surface area (Å²) in [5, 5.41) is 0. The van der Waals surface area contributed by atoms with Gasteiger partial charge in [-0.05, 0) is 5.56 Å². The van der Waals surface area contributed by atoms with Gasteiger partial charge in [0.25, 0.3) is 0 Å². The number of rotatable bonds is 4. The van der Waals surface area contributed by atoms with Crippen molar-refractivity contribution in [1.29, 1.82) is 0 Å². The molecule has 0 saturated carbocycles. The smallest absolute Gasteiger partial charge is 0 e. The molecule has 0 saturated heterocycles. The molecule has 0 spiro atoms. The van der Waals surface area contributed by atoms with Crippen molar-refractivity contribution in [2.24, 2.45) is 0 Å². The Morgan fingerprint density at radius 3 is 2.62 bits per heavy atom. The molecular formula is C15H17Hf-. The van der Waals surface area contributed by atoms with Crippen LogP contribution in [0, 0.1) is 6.08 Å². The predicted octanol–water partition coefficient (Wildman–Crippen LogP) is 4.39. The van der Waals surface area contributed by atoms with Gasteiger partial charge in [0, 0.05) is 25.8 Å². The first-order valence-corrected chi connectivity index (χ1v) is 5.76. The number of allylic oxidation sites excluding steroid dienone is 4. The van der Waals surface area contributed by atoms with E-state index in [0.717, 1.165) is 6.42 Å². The molecule has 2 rings (SSSR count). The molecule has 0 fully saturated rings. The summed E-state index contributed by atoms with van der Waals surface area (Å²) in [5.74, 6) is 0. The van der Waals surface area contributed by atoms with E-state index in [0.29, 0.717) is 0 Å². The molecule has 1 aromatic rings. The molecule has 0 amide bonds. The second-order valence-electron chi connectivity index (χ2n) is 4.02. The monoisotopic (exact) mass is 377 g/mol. The van der Waals surface area contributed by atoms with Gasteiger partial charge in [-0.3, -0.25) is 6.08 Å². The Balaban J connectivity index is 0.00000128. The van der Waals surface area contributed by atoms with Crippen LogP contribution in [0.25, 0.3) is 5.57 Å². The largest absolute Gasteiger partial charge is 0.269 e. The first-order valence-electron chi connectivity index (χ1n) is 5.76. The molecule has 1 aliphatic rings. The van der Waals surface area contributed by atoms with Crippen molar-refractivity contribution < 1.29 is 25.8 Å². The molecule has 0 bridgehead atoms. The van der Waals surface area contributed by atoms with Gasteiger partial charge >= 0.3 is 0 Å². The van der Waals surface area contributed by atoms with Gasteiger partial charge < -0.3 is 0 Å². The first-order chi connectivity index (χ1) is 7.40. The summed E-state index contributed by atoms with van der Waals surface area (Å²) in [4.78, 5) is 0. The van der Waals surface area contributed by atoms with Crippen LogP contribution < -0.4 is 0 Å². The van der Waals surface area contributed by atoms with E-state index < -0.39 is 0 Å². The van der Waals surface area contributed by atoms with E-state index in [1.54, 1.807) is 0 Å². The Bertz CT molecular complexity index is 374. The van der Waals surface area contributed by atoms with Gasteiger partial charge in [0.05, 0.1) is 0 Å². The number of hydrogen-bond acceptors (Lipinski definition) is 0. The molecule has 0 unspecified atom stereocenters. The van der Waals surface area contributed by atoms with Gasteiger partial charge in [0.2, 0.25) is 0 Å². The van der Waals surface area contributed by atoms with Crippen LogP contribution in [0.15, 0.2) is 42.0 Å². The maximum atomic E-state index is 3.46. The molecular weight excluding hydrogens is 359 g/mol. The Morgan fingerprint density at radius 2 is 1.94 bits per heavy atom. The molecule has 82 valence electrons. The summed E-state index contributed by atoms with van der Waals surface area (Å²) in [6, 6.07) is 10.6. The maximum absolute atomic E-state index is 3.46. The van der Waals surface area contributed by atoms with Crippen LogP contribution in [0.1, 0.15) is 38.2 Å². The molecule has 1 heteroatoms. The second kappa shape index (κ2) is 7.01. The molecule has 16 heavy (non-hydrogen) atoms. The fraction of sp³-hybridized carbons (Fsp3) is 0.333. The minimum atomic E-state index is 0. The van der Waals surface area contributed by atoms with Crippen LogP contribution in [-0.2, 0) is 25.8 Å². The van der Waals surface area contributed by atoms with Gasteiger partial charge in [-0.15, -0.1) is 12.0 Å². The molecule has 1 aromatic carbocycles. The average molecular weight is 376 g/mol. The Morgan fingerprint density at radius 1 is 1.19 bits per heavy atom. The van der Waals surface area contributed by atoms with Crippen molar-refractivity contribution in [2.45, 2.75) is 32.6 Å². The van der Waals surface area contributed by atoms with E-state index in [4.69, 9.17) is 0 Å². The van der Waals surface area contributed by atoms with E-state index in [1.807, 2.05) is 0 Å². The molecule has 0 aromatic heterocycles. The van der Waals surface area contributed by atoms with E-state index >= 15 is 0 Å². The molecule has 0 radical (unpaired) electrons. The van der Waals surface area contributed by atoms with E-state index in [1.165, 1.54) is 36.0 Å². The van der Waals surface area contributed by atoms with Crippen molar-refractivity contribution in [3.05, 3.63) is 53.6 Å². The predicted molar refractivity (Wildman–Crippen MR) is 65.3 cm³/mol. The zero-order valence-electron chi connectivity index (χ0n) is 9.79. The van der Waals surface area contributed by atoms with E-state index in [2.05, 4.69) is 49.4 Å². The number of hydrogen-bond donors (Lipinski definition) is 0. The SMILES string of the molecule is CCCCC1=[C-]CC(c2ccccc2)=C1.[Hf]. The van der Waals surface area contributed by atoms with Crippen LogP contribution in [0.5, 0.6) is 0 Å². The summed E-state index contributed by atoms with van der Waals surface area (Å²) >= 11 is 0. The minimum absolute atomic E-state index is 0. The zero-order valence-corrected chi connectivity index (χ0v) is 13.4. The van der Waals surface area contributed by atoms with Crippen molar-refractivity contribution in [2.75, 3.05) is 0 Å². The molecule has 0 aliphatic heterocycles. The summed E-state index contributed by atoms with van der Waals surface area (Å²) in [7, 11) is 0. The van der Waals surface area contributed by atoms with Gasteiger partial charge in [0.1, 0.15) is 0 Å². The Kier molecular flexibility index (Phi) is 5.97. The van der Waals surface area contributed by atoms with Crippen LogP contribution in [0.3, 0.4) is 0 Å². The van der Waals surface area contributed by atoms with Crippen molar-refractivity contribution in [3.63, 3.8) is 0 Å². The Labute approximate surface area is 117 Å². The van der Waals surface area contributed by atoms with Crippen LogP contribution in [0.4, 0.5) is 0 Å². The fourth-order valence-electron chi connectivity index (χ4n) is 1.89. The summed E-state index contributed by atoms with van der Waals surface area (Å²) in [6.45, 7) is 2.23. The topological polar surface area (TPSA) is 0 Å². The zero-order chi connectivity index (χ0) is 10.5. The maximum Gasteiger partial charge on any atom is 0 e. The number of unbranched alkanes of at least 4 members (excludes halogenated alkanes) is 1. The van der Waals surface area contributed by atoms with Gasteiger partial charge in [-0.1, -0.05) is 56.5 Å². The van der Waals surface area contributed by atoms with E-state index in [9.17, 15) is 0 Å². The summed E-state index contributed by atoms with van der Waals surface area (Å²) in [6.07, 6.45) is 10.5. The summed E-state index contributed by atoms with van der Waals surface area (Å²) < 4.78 is 0. The second-order valence-corrected chi connectivity index (χ2v) is 4.02. The molecule has 0 atom stereocenters. The van der Waals surface area contributed by atoms with Crippen LogP contribution in [0.2, 0.25) is 0 Å². The quantitative estimate of drug-likeness (QED) is 0.541. The molecule has 0 N–H and O–H groups in total. The third-order valence-electron chi connectivity index (χ3n) is 2.80. The van der Waals surface area contributed by atoms with Crippen molar-refractivity contribution in [3.8, 4) is 0 Å². The van der Waals surface area contributed by atoms with Gasteiger partial charge in [0.15, 0.2) is 0 Å². The Hall–Kier alpha value is -0.430. The molecule has 0 nitrogen and oxygen atoms in total. The van der Waals surface area contributed by atoms with Gasteiger partial charge in [-0.2, -0.15) is 0 Å². The first kappa shape index (κ1) is 13.6. The van der Waals surface area contributed by atoms with Gasteiger partial charge in [-0.25, -0.2) is 11.6 Å². The third-order valence-corrected chi connectivity index (χ3v) is 2.80. The standard InChI is InChI=1S/C15H17.Hf/c1-2-3-7-13-10-11-15(12-13)14-8-5-4-6-9-14;/h4-6,8-9,12H,2-3,7,11H2,1H3;/q-1;. The van der Waals surface area contributed by atoms with Crippen molar-refractivity contribution in [1.82, 2.24) is 0 Å². The normalized spacial score (nSPS) is 14.1.